The first-order chi connectivity index (χ1) is 12.7. The molecule has 2 aliphatic rings. The molecule has 4 nitrogen and oxygen atoms in total. The molecule has 2 aliphatic heterocycles. The Morgan fingerprint density at radius 3 is 2.59 bits per heavy atom. The van der Waals surface area contributed by atoms with E-state index in [4.69, 9.17) is 4.74 Å². The highest BCUT2D eigenvalue weighted by atomic mass is 35.5. The third kappa shape index (κ3) is 4.09. The zero-order chi connectivity index (χ0) is 18.0. The van der Waals surface area contributed by atoms with Crippen LogP contribution in [-0.2, 0) is 11.4 Å². The second-order valence-corrected chi connectivity index (χ2v) is 7.13. The van der Waals surface area contributed by atoms with E-state index in [1.807, 2.05) is 24.3 Å². The van der Waals surface area contributed by atoms with E-state index in [0.717, 1.165) is 37.8 Å². The Labute approximate surface area is 164 Å². The molecular weight excluding hydrogens is 367 g/mol. The lowest BCUT2D eigenvalue weighted by Crippen LogP contribution is -2.54. The minimum Gasteiger partial charge on any atom is -0.489 e. The van der Waals surface area contributed by atoms with Crippen molar-refractivity contribution in [3.63, 3.8) is 0 Å². The predicted molar refractivity (Wildman–Crippen MR) is 105 cm³/mol. The lowest BCUT2D eigenvalue weighted by molar-refractivity contribution is -0.126. The molecule has 1 spiro atoms. The van der Waals surface area contributed by atoms with E-state index in [0.29, 0.717) is 11.3 Å². The van der Waals surface area contributed by atoms with Gasteiger partial charge in [0.2, 0.25) is 5.91 Å². The summed E-state index contributed by atoms with van der Waals surface area (Å²) in [5, 5.41) is 6.52. The summed E-state index contributed by atoms with van der Waals surface area (Å²) < 4.78 is 19.4. The topological polar surface area (TPSA) is 50.4 Å². The molecule has 2 aromatic carbocycles. The van der Waals surface area contributed by atoms with Gasteiger partial charge in [0.1, 0.15) is 18.2 Å². The monoisotopic (exact) mass is 390 g/mol. The molecule has 27 heavy (non-hydrogen) atoms. The Hall–Kier alpha value is -2.11. The second kappa shape index (κ2) is 8.28. The fraction of sp³-hybridized carbons (Fsp3) is 0.381. The second-order valence-electron chi connectivity index (χ2n) is 7.13. The number of carbonyl (C=O) groups is 1. The summed E-state index contributed by atoms with van der Waals surface area (Å²) >= 11 is 0. The Morgan fingerprint density at radius 1 is 1.11 bits per heavy atom. The van der Waals surface area contributed by atoms with Gasteiger partial charge in [-0.15, -0.1) is 12.4 Å². The fourth-order valence-corrected chi connectivity index (χ4v) is 3.96. The molecule has 1 amide bonds. The third-order valence-corrected chi connectivity index (χ3v) is 5.45. The van der Waals surface area contributed by atoms with Gasteiger partial charge in [-0.05, 0) is 49.4 Å². The zero-order valence-electron chi connectivity index (χ0n) is 15.0. The van der Waals surface area contributed by atoms with Gasteiger partial charge in [0.15, 0.2) is 0 Å². The van der Waals surface area contributed by atoms with Gasteiger partial charge in [-0.3, -0.25) is 10.1 Å². The molecule has 0 saturated carbocycles. The summed E-state index contributed by atoms with van der Waals surface area (Å²) in [6.07, 6.45) is 3.81. The Morgan fingerprint density at radius 2 is 1.89 bits per heavy atom. The normalized spacial score (nSPS) is 24.3. The van der Waals surface area contributed by atoms with Gasteiger partial charge in [-0.25, -0.2) is 4.39 Å². The van der Waals surface area contributed by atoms with E-state index in [1.165, 1.54) is 6.07 Å². The Bertz CT molecular complexity index is 799. The molecule has 2 aromatic rings. The smallest absolute Gasteiger partial charge is 0.240 e. The summed E-state index contributed by atoms with van der Waals surface area (Å²) in [6.45, 7) is 0.957. The number of hydrogen-bond donors (Lipinski definition) is 2. The maximum Gasteiger partial charge on any atom is 0.240 e. The Kier molecular flexibility index (Phi) is 6.02. The lowest BCUT2D eigenvalue weighted by Gasteiger charge is -2.37. The minimum atomic E-state index is -0.400. The molecule has 2 heterocycles. The lowest BCUT2D eigenvalue weighted by atomic mass is 9.82. The average Bonchev–Trinajstić information content (AvgIpc) is 3.01. The van der Waals surface area contributed by atoms with Crippen molar-refractivity contribution < 1.29 is 13.9 Å². The summed E-state index contributed by atoms with van der Waals surface area (Å²) in [5.41, 5.74) is 1.30. The first kappa shape index (κ1) is 19.6. The first-order valence-corrected chi connectivity index (χ1v) is 9.18. The van der Waals surface area contributed by atoms with Crippen LogP contribution < -0.4 is 15.4 Å². The molecule has 0 aromatic heterocycles. The number of nitrogens with one attached hydrogen (secondary N) is 2. The number of halogens is 2. The minimum absolute atomic E-state index is 0. The highest BCUT2D eigenvalue weighted by Crippen LogP contribution is 2.35. The molecule has 0 unspecified atom stereocenters. The summed E-state index contributed by atoms with van der Waals surface area (Å²) in [4.78, 5) is 12.2. The van der Waals surface area contributed by atoms with Crippen LogP contribution in [0, 0.1) is 5.82 Å². The van der Waals surface area contributed by atoms with Crippen LogP contribution in [0.15, 0.2) is 48.5 Å². The molecular formula is C21H24ClFN2O2. The summed E-state index contributed by atoms with van der Waals surface area (Å²) in [5.74, 6) is 0.587. The number of hydrogen-bond acceptors (Lipinski definition) is 3. The first-order valence-electron chi connectivity index (χ1n) is 9.18. The van der Waals surface area contributed by atoms with E-state index >= 15 is 0 Å². The summed E-state index contributed by atoms with van der Waals surface area (Å²) in [7, 11) is 0. The molecule has 6 heteroatoms. The van der Waals surface area contributed by atoms with Crippen LogP contribution in [0.2, 0.25) is 0 Å². The average molecular weight is 391 g/mol. The van der Waals surface area contributed by atoms with Gasteiger partial charge in [0, 0.05) is 18.2 Å². The fourth-order valence-electron chi connectivity index (χ4n) is 3.96. The van der Waals surface area contributed by atoms with Crippen molar-refractivity contribution in [1.82, 2.24) is 10.6 Å². The van der Waals surface area contributed by atoms with Crippen LogP contribution in [0.4, 0.5) is 4.39 Å². The molecule has 4 rings (SSSR count). The van der Waals surface area contributed by atoms with Gasteiger partial charge < -0.3 is 10.1 Å². The number of carbonyl (C=O) groups excluding carboxylic acids is 1. The molecule has 144 valence electrons. The van der Waals surface area contributed by atoms with Gasteiger partial charge in [0.25, 0.3) is 0 Å². The Balaban J connectivity index is 0.00000210. The zero-order valence-corrected chi connectivity index (χ0v) is 15.9. The van der Waals surface area contributed by atoms with E-state index in [-0.39, 0.29) is 36.8 Å². The van der Waals surface area contributed by atoms with Crippen LogP contribution >= 0.6 is 12.4 Å². The molecule has 2 atom stereocenters. The molecule has 0 bridgehead atoms. The van der Waals surface area contributed by atoms with Crippen molar-refractivity contribution in [1.29, 1.82) is 0 Å². The molecule has 2 saturated heterocycles. The SMILES string of the molecule is Cl.O=C1NCC[C@@]12CCC[C@@H](c1ccc(OCc3ccccc3F)cc1)N2. The van der Waals surface area contributed by atoms with Gasteiger partial charge in [0.05, 0.1) is 5.54 Å². The van der Waals surface area contributed by atoms with Crippen molar-refractivity contribution in [2.24, 2.45) is 0 Å². The molecule has 2 N–H and O–H groups in total. The van der Waals surface area contributed by atoms with Crippen molar-refractivity contribution in [3.8, 4) is 5.75 Å². The maximum atomic E-state index is 13.7. The summed E-state index contributed by atoms with van der Waals surface area (Å²) in [6, 6.07) is 14.7. The molecule has 0 aliphatic carbocycles. The van der Waals surface area contributed by atoms with Crippen LogP contribution in [0.5, 0.6) is 5.75 Å². The van der Waals surface area contributed by atoms with E-state index in [1.54, 1.807) is 18.2 Å². The quantitative estimate of drug-likeness (QED) is 0.832. The number of ether oxygens (including phenoxy) is 1. The van der Waals surface area contributed by atoms with Crippen molar-refractivity contribution in [3.05, 3.63) is 65.5 Å². The van der Waals surface area contributed by atoms with Crippen molar-refractivity contribution in [2.45, 2.75) is 43.9 Å². The van der Waals surface area contributed by atoms with Crippen molar-refractivity contribution in [2.75, 3.05) is 6.54 Å². The highest BCUT2D eigenvalue weighted by Gasteiger charge is 2.45. The highest BCUT2D eigenvalue weighted by molar-refractivity contribution is 5.88. The van der Waals surface area contributed by atoms with E-state index in [2.05, 4.69) is 10.6 Å². The standard InChI is InChI=1S/C21H23FN2O2.ClH/c22-18-5-2-1-4-16(18)14-26-17-9-7-15(8-10-17)19-6-3-11-21(24-19)12-13-23-20(21)25;/h1-2,4-5,7-10,19,24H,3,6,11-14H2,(H,23,25);1H/t19-,21-;/m0./s1. The van der Waals surface area contributed by atoms with E-state index in [9.17, 15) is 9.18 Å². The number of benzene rings is 2. The van der Waals surface area contributed by atoms with Gasteiger partial charge >= 0.3 is 0 Å². The maximum absolute atomic E-state index is 13.7. The van der Waals surface area contributed by atoms with Crippen molar-refractivity contribution >= 4 is 18.3 Å². The van der Waals surface area contributed by atoms with Crippen LogP contribution in [-0.4, -0.2) is 18.0 Å². The van der Waals surface area contributed by atoms with Crippen LogP contribution in [0.3, 0.4) is 0 Å². The number of rotatable bonds is 4. The van der Waals surface area contributed by atoms with Gasteiger partial charge in [-0.1, -0.05) is 30.3 Å². The molecule has 0 radical (unpaired) electrons. The van der Waals surface area contributed by atoms with Crippen LogP contribution in [0.25, 0.3) is 0 Å². The predicted octanol–water partition coefficient (Wildman–Crippen LogP) is 3.90. The molecule has 2 fully saturated rings. The number of amides is 1. The van der Waals surface area contributed by atoms with E-state index < -0.39 is 5.54 Å². The van der Waals surface area contributed by atoms with Crippen LogP contribution in [0.1, 0.15) is 42.9 Å². The number of piperidine rings is 1. The van der Waals surface area contributed by atoms with Gasteiger partial charge in [-0.2, -0.15) is 0 Å². The largest absolute Gasteiger partial charge is 0.489 e. The third-order valence-electron chi connectivity index (χ3n) is 5.45.